The molecule has 116 valence electrons. The molecule has 1 N–H and O–H groups in total. The lowest BCUT2D eigenvalue weighted by Crippen LogP contribution is -2.26. The van der Waals surface area contributed by atoms with Crippen LogP contribution in [0, 0.1) is 5.82 Å². The summed E-state index contributed by atoms with van der Waals surface area (Å²) >= 11 is 0. The van der Waals surface area contributed by atoms with E-state index in [1.54, 1.807) is 0 Å². The van der Waals surface area contributed by atoms with E-state index < -0.39 is 0 Å². The van der Waals surface area contributed by atoms with Crippen LogP contribution in [0.1, 0.15) is 37.7 Å². The first-order valence-electron chi connectivity index (χ1n) is 7.93. The van der Waals surface area contributed by atoms with Gasteiger partial charge in [0.15, 0.2) is 0 Å². The molecule has 0 radical (unpaired) electrons. The van der Waals surface area contributed by atoms with E-state index >= 15 is 0 Å². The fourth-order valence-electron chi connectivity index (χ4n) is 2.90. The SMILES string of the molecule is CN1CCCC1CCOc1ncc(F)cc1CNC1CC1. The lowest BCUT2D eigenvalue weighted by atomic mass is 10.1. The second kappa shape index (κ2) is 6.71. The van der Waals surface area contributed by atoms with Gasteiger partial charge in [-0.2, -0.15) is 0 Å². The molecular formula is C16H24FN3O. The number of nitrogens with one attached hydrogen (secondary N) is 1. The molecule has 1 saturated heterocycles. The van der Waals surface area contributed by atoms with E-state index in [1.165, 1.54) is 44.5 Å². The number of hydrogen-bond donors (Lipinski definition) is 1. The number of rotatable bonds is 7. The number of aromatic nitrogens is 1. The van der Waals surface area contributed by atoms with Gasteiger partial charge in [-0.1, -0.05) is 0 Å². The molecule has 1 aliphatic heterocycles. The predicted octanol–water partition coefficient (Wildman–Crippen LogP) is 2.34. The second-order valence-electron chi connectivity index (χ2n) is 6.19. The zero-order valence-electron chi connectivity index (χ0n) is 12.6. The van der Waals surface area contributed by atoms with Crippen LogP contribution in [0.3, 0.4) is 0 Å². The molecule has 2 fully saturated rings. The number of pyridine rings is 1. The maximum Gasteiger partial charge on any atom is 0.218 e. The minimum absolute atomic E-state index is 0.300. The number of hydrogen-bond acceptors (Lipinski definition) is 4. The van der Waals surface area contributed by atoms with Crippen molar-refractivity contribution in [2.75, 3.05) is 20.2 Å². The number of ether oxygens (including phenoxy) is 1. The molecule has 1 atom stereocenters. The summed E-state index contributed by atoms with van der Waals surface area (Å²) < 4.78 is 19.2. The first-order valence-corrected chi connectivity index (χ1v) is 7.93. The van der Waals surface area contributed by atoms with Crippen molar-refractivity contribution < 1.29 is 9.13 Å². The highest BCUT2D eigenvalue weighted by Crippen LogP contribution is 2.23. The zero-order chi connectivity index (χ0) is 14.7. The molecule has 1 unspecified atom stereocenters. The third-order valence-electron chi connectivity index (χ3n) is 4.41. The van der Waals surface area contributed by atoms with Gasteiger partial charge in [0.1, 0.15) is 5.82 Å². The number of likely N-dealkylation sites (tertiary alicyclic amines) is 1. The van der Waals surface area contributed by atoms with Crippen molar-refractivity contribution in [2.45, 2.75) is 50.7 Å². The van der Waals surface area contributed by atoms with E-state index in [0.717, 1.165) is 12.0 Å². The van der Waals surface area contributed by atoms with Gasteiger partial charge < -0.3 is 15.0 Å². The molecule has 4 nitrogen and oxygen atoms in total. The van der Waals surface area contributed by atoms with E-state index in [-0.39, 0.29) is 5.82 Å². The van der Waals surface area contributed by atoms with Crippen molar-refractivity contribution in [3.63, 3.8) is 0 Å². The minimum atomic E-state index is -0.300. The average molecular weight is 293 g/mol. The van der Waals surface area contributed by atoms with Crippen LogP contribution < -0.4 is 10.1 Å². The molecule has 21 heavy (non-hydrogen) atoms. The third kappa shape index (κ3) is 4.14. The Hall–Kier alpha value is -1.20. The highest BCUT2D eigenvalue weighted by molar-refractivity contribution is 5.26. The molecule has 0 aromatic carbocycles. The van der Waals surface area contributed by atoms with Gasteiger partial charge in [-0.3, -0.25) is 0 Å². The van der Waals surface area contributed by atoms with Crippen LogP contribution in [0.5, 0.6) is 5.88 Å². The van der Waals surface area contributed by atoms with Crippen molar-refractivity contribution in [3.8, 4) is 5.88 Å². The molecule has 1 aromatic rings. The standard InChI is InChI=1S/C16H24FN3O/c1-20-7-2-3-15(20)6-8-21-16-12(9-13(17)11-19-16)10-18-14-4-5-14/h9,11,14-15,18H,2-8,10H2,1H3. The average Bonchev–Trinajstić information content (AvgIpc) is 3.21. The Morgan fingerprint density at radius 3 is 3.00 bits per heavy atom. The first kappa shape index (κ1) is 14.7. The largest absolute Gasteiger partial charge is 0.477 e. The van der Waals surface area contributed by atoms with Gasteiger partial charge in [0.25, 0.3) is 0 Å². The molecule has 0 bridgehead atoms. The van der Waals surface area contributed by atoms with Crippen molar-refractivity contribution in [2.24, 2.45) is 0 Å². The van der Waals surface area contributed by atoms with Gasteiger partial charge in [-0.25, -0.2) is 9.37 Å². The molecule has 1 aromatic heterocycles. The first-order chi connectivity index (χ1) is 10.2. The highest BCUT2D eigenvalue weighted by atomic mass is 19.1. The monoisotopic (exact) mass is 293 g/mol. The Balaban J connectivity index is 1.53. The summed E-state index contributed by atoms with van der Waals surface area (Å²) in [6.45, 7) is 2.45. The Morgan fingerprint density at radius 2 is 2.29 bits per heavy atom. The number of halogens is 1. The van der Waals surface area contributed by atoms with E-state index in [2.05, 4.69) is 22.2 Å². The van der Waals surface area contributed by atoms with E-state index in [9.17, 15) is 4.39 Å². The normalized spacial score (nSPS) is 22.7. The summed E-state index contributed by atoms with van der Waals surface area (Å²) in [5, 5.41) is 3.38. The molecule has 1 saturated carbocycles. The van der Waals surface area contributed by atoms with Crippen LogP contribution in [-0.2, 0) is 6.54 Å². The van der Waals surface area contributed by atoms with Crippen LogP contribution in [0.2, 0.25) is 0 Å². The van der Waals surface area contributed by atoms with Gasteiger partial charge in [-0.15, -0.1) is 0 Å². The van der Waals surface area contributed by atoms with Gasteiger partial charge in [0.05, 0.1) is 12.8 Å². The maximum atomic E-state index is 13.4. The fourth-order valence-corrected chi connectivity index (χ4v) is 2.90. The van der Waals surface area contributed by atoms with E-state index in [1.807, 2.05) is 0 Å². The Bertz CT molecular complexity index is 479. The predicted molar refractivity (Wildman–Crippen MR) is 79.8 cm³/mol. The Kier molecular flexibility index (Phi) is 4.70. The summed E-state index contributed by atoms with van der Waals surface area (Å²) in [5.74, 6) is 0.274. The van der Waals surface area contributed by atoms with Crippen molar-refractivity contribution in [3.05, 3.63) is 23.6 Å². The van der Waals surface area contributed by atoms with Crippen LogP contribution >= 0.6 is 0 Å². The summed E-state index contributed by atoms with van der Waals surface area (Å²) in [6.07, 6.45) is 7.18. The fraction of sp³-hybridized carbons (Fsp3) is 0.688. The van der Waals surface area contributed by atoms with Crippen LogP contribution in [0.25, 0.3) is 0 Å². The molecule has 2 heterocycles. The van der Waals surface area contributed by atoms with Crippen LogP contribution in [0.4, 0.5) is 4.39 Å². The van der Waals surface area contributed by atoms with Crippen molar-refractivity contribution in [1.82, 2.24) is 15.2 Å². The highest BCUT2D eigenvalue weighted by Gasteiger charge is 2.22. The molecular weight excluding hydrogens is 269 g/mol. The molecule has 0 spiro atoms. The van der Waals surface area contributed by atoms with Gasteiger partial charge in [-0.05, 0) is 51.8 Å². The summed E-state index contributed by atoms with van der Waals surface area (Å²) in [5.41, 5.74) is 0.821. The van der Waals surface area contributed by atoms with Crippen LogP contribution in [0.15, 0.2) is 12.3 Å². The summed E-state index contributed by atoms with van der Waals surface area (Å²) in [7, 11) is 2.17. The Morgan fingerprint density at radius 1 is 1.43 bits per heavy atom. The molecule has 0 amide bonds. The smallest absolute Gasteiger partial charge is 0.218 e. The van der Waals surface area contributed by atoms with Crippen LogP contribution in [-0.4, -0.2) is 42.2 Å². The van der Waals surface area contributed by atoms with E-state index in [4.69, 9.17) is 4.74 Å². The van der Waals surface area contributed by atoms with Gasteiger partial charge in [0.2, 0.25) is 5.88 Å². The topological polar surface area (TPSA) is 37.4 Å². The van der Waals surface area contributed by atoms with E-state index in [0.29, 0.717) is 31.1 Å². The molecule has 1 aliphatic carbocycles. The van der Waals surface area contributed by atoms with Crippen molar-refractivity contribution in [1.29, 1.82) is 0 Å². The lowest BCUT2D eigenvalue weighted by molar-refractivity contribution is 0.226. The maximum absolute atomic E-state index is 13.4. The summed E-state index contributed by atoms with van der Waals surface area (Å²) in [4.78, 5) is 6.49. The summed E-state index contributed by atoms with van der Waals surface area (Å²) in [6, 6.07) is 2.73. The molecule has 3 rings (SSSR count). The minimum Gasteiger partial charge on any atom is -0.477 e. The quantitative estimate of drug-likeness (QED) is 0.837. The van der Waals surface area contributed by atoms with Gasteiger partial charge >= 0.3 is 0 Å². The Labute approximate surface area is 125 Å². The zero-order valence-corrected chi connectivity index (χ0v) is 12.6. The second-order valence-corrected chi connectivity index (χ2v) is 6.19. The lowest BCUT2D eigenvalue weighted by Gasteiger charge is -2.19. The van der Waals surface area contributed by atoms with Crippen molar-refractivity contribution >= 4 is 0 Å². The molecule has 5 heteroatoms. The molecule has 2 aliphatic rings. The third-order valence-corrected chi connectivity index (χ3v) is 4.41. The van der Waals surface area contributed by atoms with Gasteiger partial charge in [0, 0.05) is 24.2 Å². The number of nitrogens with zero attached hydrogens (tertiary/aromatic N) is 2.